The molecule has 0 aromatic rings. The monoisotopic (exact) mass is 214 g/mol. The van der Waals surface area contributed by atoms with Crippen LogP contribution in [0.2, 0.25) is 0 Å². The fraction of sp³-hybridized carbons (Fsp3) is 0.667. The number of carboxylic acid groups (broad SMARTS) is 1. The molecule has 1 heterocycles. The van der Waals surface area contributed by atoms with Gasteiger partial charge in [0, 0.05) is 20.1 Å². The summed E-state index contributed by atoms with van der Waals surface area (Å²) in [6.45, 7) is 0.581. The fourth-order valence-electron chi connectivity index (χ4n) is 1.61. The van der Waals surface area contributed by atoms with Gasteiger partial charge in [0.05, 0.1) is 5.92 Å². The number of hydrogen-bond donors (Lipinski definition) is 2. The summed E-state index contributed by atoms with van der Waals surface area (Å²) in [5, 5.41) is 11.0. The summed E-state index contributed by atoms with van der Waals surface area (Å²) >= 11 is 0. The molecule has 0 aromatic carbocycles. The molecule has 2 amide bonds. The van der Waals surface area contributed by atoms with Gasteiger partial charge in [-0.05, 0) is 12.8 Å². The van der Waals surface area contributed by atoms with Crippen LogP contribution in [-0.2, 0) is 14.4 Å². The van der Waals surface area contributed by atoms with Crippen molar-refractivity contribution in [1.29, 1.82) is 0 Å². The molecule has 0 radical (unpaired) electrons. The summed E-state index contributed by atoms with van der Waals surface area (Å²) < 4.78 is 0. The van der Waals surface area contributed by atoms with Crippen molar-refractivity contribution in [2.24, 2.45) is 5.92 Å². The molecule has 15 heavy (non-hydrogen) atoms. The van der Waals surface area contributed by atoms with Gasteiger partial charge in [0.25, 0.3) is 0 Å². The Labute approximate surface area is 87.2 Å². The van der Waals surface area contributed by atoms with E-state index in [1.807, 2.05) is 0 Å². The van der Waals surface area contributed by atoms with Crippen LogP contribution in [0, 0.1) is 5.92 Å². The molecule has 0 bridgehead atoms. The highest BCUT2D eigenvalue weighted by Gasteiger charge is 2.30. The number of piperidine rings is 1. The first-order chi connectivity index (χ1) is 7.06. The molecule has 0 aliphatic carbocycles. The van der Waals surface area contributed by atoms with Gasteiger partial charge >= 0.3 is 17.8 Å². The van der Waals surface area contributed by atoms with Crippen LogP contribution in [0.25, 0.3) is 0 Å². The van der Waals surface area contributed by atoms with Crippen molar-refractivity contribution in [2.75, 3.05) is 20.1 Å². The van der Waals surface area contributed by atoms with Crippen molar-refractivity contribution in [2.45, 2.75) is 12.8 Å². The van der Waals surface area contributed by atoms with E-state index in [1.54, 1.807) is 0 Å². The van der Waals surface area contributed by atoms with E-state index < -0.39 is 23.7 Å². The zero-order valence-corrected chi connectivity index (χ0v) is 8.52. The lowest BCUT2D eigenvalue weighted by Crippen LogP contribution is -2.47. The lowest BCUT2D eigenvalue weighted by Gasteiger charge is -2.29. The Morgan fingerprint density at radius 1 is 1.40 bits per heavy atom. The predicted molar refractivity (Wildman–Crippen MR) is 51.0 cm³/mol. The summed E-state index contributed by atoms with van der Waals surface area (Å²) in [6, 6.07) is 0. The molecule has 1 rings (SSSR count). The van der Waals surface area contributed by atoms with Gasteiger partial charge in [0.2, 0.25) is 0 Å². The van der Waals surface area contributed by atoms with E-state index in [-0.39, 0.29) is 6.54 Å². The van der Waals surface area contributed by atoms with Crippen LogP contribution in [0.4, 0.5) is 0 Å². The Hall–Kier alpha value is -1.59. The number of carboxylic acids is 1. The van der Waals surface area contributed by atoms with Gasteiger partial charge in [-0.15, -0.1) is 0 Å². The first kappa shape index (κ1) is 11.5. The lowest BCUT2D eigenvalue weighted by molar-refractivity contribution is -0.150. The van der Waals surface area contributed by atoms with Crippen LogP contribution in [0.5, 0.6) is 0 Å². The maximum absolute atomic E-state index is 11.4. The number of carbonyl (C=O) groups excluding carboxylic acids is 2. The van der Waals surface area contributed by atoms with E-state index in [0.29, 0.717) is 19.4 Å². The van der Waals surface area contributed by atoms with Crippen LogP contribution in [0.3, 0.4) is 0 Å². The number of likely N-dealkylation sites (tertiary alicyclic amines) is 1. The number of rotatable bonds is 1. The van der Waals surface area contributed by atoms with Crippen molar-refractivity contribution >= 4 is 17.8 Å². The molecule has 0 spiro atoms. The van der Waals surface area contributed by atoms with Crippen LogP contribution in [-0.4, -0.2) is 47.9 Å². The Bertz CT molecular complexity index is 290. The van der Waals surface area contributed by atoms with Crippen LogP contribution in [0.15, 0.2) is 0 Å². The van der Waals surface area contributed by atoms with Gasteiger partial charge in [-0.3, -0.25) is 14.4 Å². The zero-order valence-electron chi connectivity index (χ0n) is 8.52. The van der Waals surface area contributed by atoms with Crippen LogP contribution < -0.4 is 5.32 Å². The van der Waals surface area contributed by atoms with E-state index in [4.69, 9.17) is 5.11 Å². The van der Waals surface area contributed by atoms with Crippen molar-refractivity contribution in [3.8, 4) is 0 Å². The highest BCUT2D eigenvalue weighted by atomic mass is 16.4. The molecule has 2 N–H and O–H groups in total. The first-order valence-corrected chi connectivity index (χ1v) is 4.80. The van der Waals surface area contributed by atoms with Crippen molar-refractivity contribution in [3.05, 3.63) is 0 Å². The van der Waals surface area contributed by atoms with Gasteiger partial charge in [-0.2, -0.15) is 0 Å². The van der Waals surface area contributed by atoms with E-state index in [2.05, 4.69) is 5.32 Å². The molecule has 0 aromatic heterocycles. The number of nitrogens with zero attached hydrogens (tertiary/aromatic N) is 1. The van der Waals surface area contributed by atoms with E-state index in [9.17, 15) is 14.4 Å². The molecule has 1 saturated heterocycles. The molecule has 6 heteroatoms. The van der Waals surface area contributed by atoms with E-state index in [0.717, 1.165) is 0 Å². The van der Waals surface area contributed by atoms with Gasteiger partial charge in [0.15, 0.2) is 0 Å². The predicted octanol–water partition coefficient (Wildman–Crippen LogP) is -0.944. The molecule has 1 aliphatic heterocycles. The molecule has 0 saturated carbocycles. The highest BCUT2D eigenvalue weighted by molar-refractivity contribution is 6.34. The zero-order chi connectivity index (χ0) is 11.4. The Kier molecular flexibility index (Phi) is 3.65. The van der Waals surface area contributed by atoms with Gasteiger partial charge in [-0.1, -0.05) is 0 Å². The van der Waals surface area contributed by atoms with E-state index >= 15 is 0 Å². The third-order valence-corrected chi connectivity index (χ3v) is 2.48. The minimum absolute atomic E-state index is 0.127. The molecular formula is C9H14N2O4. The highest BCUT2D eigenvalue weighted by Crippen LogP contribution is 2.16. The van der Waals surface area contributed by atoms with Crippen molar-refractivity contribution < 1.29 is 19.5 Å². The lowest BCUT2D eigenvalue weighted by atomic mass is 9.98. The largest absolute Gasteiger partial charge is 0.481 e. The fourth-order valence-corrected chi connectivity index (χ4v) is 1.61. The molecule has 1 atom stereocenters. The average Bonchev–Trinajstić information content (AvgIpc) is 2.27. The van der Waals surface area contributed by atoms with Gasteiger partial charge < -0.3 is 15.3 Å². The second-order valence-electron chi connectivity index (χ2n) is 3.51. The molecule has 84 valence electrons. The Morgan fingerprint density at radius 3 is 2.60 bits per heavy atom. The Balaban J connectivity index is 2.60. The Morgan fingerprint density at radius 2 is 2.07 bits per heavy atom. The number of amides is 2. The molecule has 6 nitrogen and oxygen atoms in total. The van der Waals surface area contributed by atoms with Crippen LogP contribution in [0.1, 0.15) is 12.8 Å². The topological polar surface area (TPSA) is 86.7 Å². The summed E-state index contributed by atoms with van der Waals surface area (Å²) in [5.41, 5.74) is 0. The average molecular weight is 214 g/mol. The first-order valence-electron chi connectivity index (χ1n) is 4.80. The van der Waals surface area contributed by atoms with Gasteiger partial charge in [0.1, 0.15) is 0 Å². The molecule has 1 aliphatic rings. The van der Waals surface area contributed by atoms with Crippen molar-refractivity contribution in [1.82, 2.24) is 10.2 Å². The second-order valence-corrected chi connectivity index (χ2v) is 3.51. The second kappa shape index (κ2) is 4.77. The molecular weight excluding hydrogens is 200 g/mol. The minimum Gasteiger partial charge on any atom is -0.481 e. The summed E-state index contributed by atoms with van der Waals surface area (Å²) in [4.78, 5) is 34.5. The normalized spacial score (nSPS) is 20.9. The molecule has 1 unspecified atom stereocenters. The maximum atomic E-state index is 11.4. The van der Waals surface area contributed by atoms with Crippen molar-refractivity contribution in [3.63, 3.8) is 0 Å². The smallest absolute Gasteiger partial charge is 0.311 e. The number of aliphatic carboxylic acids is 1. The summed E-state index contributed by atoms with van der Waals surface area (Å²) in [6.07, 6.45) is 1.19. The minimum atomic E-state index is -0.913. The number of carbonyl (C=O) groups is 3. The van der Waals surface area contributed by atoms with Crippen LogP contribution >= 0.6 is 0 Å². The summed E-state index contributed by atoms with van der Waals surface area (Å²) in [7, 11) is 1.37. The summed E-state index contributed by atoms with van der Waals surface area (Å²) in [5.74, 6) is -2.80. The number of likely N-dealkylation sites (N-methyl/N-ethyl adjacent to an activating group) is 1. The van der Waals surface area contributed by atoms with Gasteiger partial charge in [-0.25, -0.2) is 0 Å². The quantitative estimate of drug-likeness (QED) is 0.551. The SMILES string of the molecule is CNC(=O)C(=O)N1CCCC(C(=O)O)C1. The molecule has 1 fully saturated rings. The third-order valence-electron chi connectivity index (χ3n) is 2.48. The number of hydrogen-bond acceptors (Lipinski definition) is 3. The third kappa shape index (κ3) is 2.68. The van der Waals surface area contributed by atoms with E-state index in [1.165, 1.54) is 11.9 Å². The standard InChI is InChI=1S/C9H14N2O4/c1-10-7(12)8(13)11-4-2-3-6(5-11)9(14)15/h6H,2-5H2,1H3,(H,10,12)(H,14,15). The number of nitrogens with one attached hydrogen (secondary N) is 1. The maximum Gasteiger partial charge on any atom is 0.311 e.